The molecule has 1 aromatic heterocycles. The first-order valence-electron chi connectivity index (χ1n) is 8.64. The lowest BCUT2D eigenvalue weighted by Gasteiger charge is -2.11. The van der Waals surface area contributed by atoms with E-state index >= 15 is 0 Å². The maximum absolute atomic E-state index is 13.9. The summed E-state index contributed by atoms with van der Waals surface area (Å²) in [7, 11) is 0. The number of aromatic nitrogens is 2. The number of nitrogens with one attached hydrogen (secondary N) is 2. The molecule has 11 heteroatoms. The Labute approximate surface area is 168 Å². The highest BCUT2D eigenvalue weighted by Gasteiger charge is 2.24. The molecule has 9 nitrogen and oxygen atoms in total. The molecule has 0 amide bonds. The molecule has 0 aliphatic rings. The smallest absolute Gasteiger partial charge is 0.353 e. The number of carbonyl (C=O) groups excluding carboxylic acids is 1. The molecule has 0 saturated heterocycles. The van der Waals surface area contributed by atoms with E-state index in [-0.39, 0.29) is 29.5 Å². The lowest BCUT2D eigenvalue weighted by Crippen LogP contribution is -2.07. The molecule has 0 fully saturated rings. The molecular formula is C19H15F2N5O4. The van der Waals surface area contributed by atoms with Gasteiger partial charge in [-0.1, -0.05) is 6.07 Å². The van der Waals surface area contributed by atoms with E-state index in [1.807, 2.05) is 0 Å². The first-order valence-corrected chi connectivity index (χ1v) is 8.64. The van der Waals surface area contributed by atoms with Crippen molar-refractivity contribution in [2.75, 3.05) is 17.2 Å². The van der Waals surface area contributed by atoms with Gasteiger partial charge in [0, 0.05) is 11.8 Å². The minimum Gasteiger partial charge on any atom is -0.462 e. The highest BCUT2D eigenvalue weighted by Crippen LogP contribution is 2.33. The summed E-state index contributed by atoms with van der Waals surface area (Å²) in [5, 5.41) is 16.8. The SMILES string of the molecule is CCOC(=O)c1cccc(Nc2ncnc(Nc3cc(F)ccc3F)c2[N+](=O)[O-])c1. The lowest BCUT2D eigenvalue weighted by molar-refractivity contribution is -0.383. The van der Waals surface area contributed by atoms with E-state index in [0.717, 1.165) is 24.5 Å². The second-order valence-electron chi connectivity index (χ2n) is 5.85. The van der Waals surface area contributed by atoms with E-state index in [1.165, 1.54) is 12.1 Å². The van der Waals surface area contributed by atoms with Crippen LogP contribution in [0.3, 0.4) is 0 Å². The zero-order valence-electron chi connectivity index (χ0n) is 15.6. The molecule has 0 atom stereocenters. The summed E-state index contributed by atoms with van der Waals surface area (Å²) in [6.45, 7) is 1.86. The normalized spacial score (nSPS) is 10.4. The molecule has 0 aliphatic heterocycles. The highest BCUT2D eigenvalue weighted by atomic mass is 19.1. The summed E-state index contributed by atoms with van der Waals surface area (Å²) in [6, 6.07) is 8.72. The molecule has 0 radical (unpaired) electrons. The average Bonchev–Trinajstić information content (AvgIpc) is 2.71. The van der Waals surface area contributed by atoms with E-state index in [0.29, 0.717) is 5.69 Å². The molecule has 2 N–H and O–H groups in total. The van der Waals surface area contributed by atoms with E-state index in [9.17, 15) is 23.7 Å². The number of anilines is 4. The molecular weight excluding hydrogens is 400 g/mol. The Bertz CT molecular complexity index is 1110. The van der Waals surface area contributed by atoms with Crippen LogP contribution in [0.5, 0.6) is 0 Å². The topological polar surface area (TPSA) is 119 Å². The number of benzene rings is 2. The number of rotatable bonds is 7. The van der Waals surface area contributed by atoms with Crippen molar-refractivity contribution in [3.05, 3.63) is 76.1 Å². The Balaban J connectivity index is 1.96. The van der Waals surface area contributed by atoms with Crippen LogP contribution in [0, 0.1) is 21.7 Å². The molecule has 3 rings (SSSR count). The van der Waals surface area contributed by atoms with Crippen LogP contribution < -0.4 is 10.6 Å². The van der Waals surface area contributed by atoms with Gasteiger partial charge in [0.1, 0.15) is 18.0 Å². The Hall–Kier alpha value is -4.15. The van der Waals surface area contributed by atoms with Gasteiger partial charge in [-0.2, -0.15) is 0 Å². The first-order chi connectivity index (χ1) is 14.4. The zero-order chi connectivity index (χ0) is 21.7. The van der Waals surface area contributed by atoms with Crippen LogP contribution in [0.15, 0.2) is 48.8 Å². The van der Waals surface area contributed by atoms with Crippen molar-refractivity contribution >= 4 is 34.7 Å². The standard InChI is InChI=1S/C19H15F2N5O4/c1-2-30-19(27)11-4-3-5-13(8-11)24-17-16(26(28)29)18(23-10-22-17)25-15-9-12(20)6-7-14(15)21/h3-10H,2H2,1H3,(H2,22,23,24,25). The van der Waals surface area contributed by atoms with Crippen LogP contribution in [-0.2, 0) is 4.74 Å². The Kier molecular flexibility index (Phi) is 6.11. The summed E-state index contributed by atoms with van der Waals surface area (Å²) in [5.41, 5.74) is -0.362. The van der Waals surface area contributed by atoms with Crippen molar-refractivity contribution in [3.63, 3.8) is 0 Å². The molecule has 0 saturated carbocycles. The van der Waals surface area contributed by atoms with Crippen molar-refractivity contribution in [2.45, 2.75) is 6.92 Å². The number of hydrogen-bond acceptors (Lipinski definition) is 8. The Morgan fingerprint density at radius 3 is 2.57 bits per heavy atom. The quantitative estimate of drug-likeness (QED) is 0.332. The van der Waals surface area contributed by atoms with Crippen molar-refractivity contribution in [3.8, 4) is 0 Å². The molecule has 30 heavy (non-hydrogen) atoms. The van der Waals surface area contributed by atoms with Crippen LogP contribution in [0.1, 0.15) is 17.3 Å². The minimum atomic E-state index is -0.819. The van der Waals surface area contributed by atoms with Crippen molar-refractivity contribution < 1.29 is 23.2 Å². The number of esters is 1. The monoisotopic (exact) mass is 415 g/mol. The first kappa shape index (κ1) is 20.6. The average molecular weight is 415 g/mol. The molecule has 1 heterocycles. The van der Waals surface area contributed by atoms with Gasteiger partial charge in [0.2, 0.25) is 11.6 Å². The van der Waals surface area contributed by atoms with Crippen LogP contribution in [0.4, 0.5) is 37.5 Å². The fraction of sp³-hybridized carbons (Fsp3) is 0.105. The fourth-order valence-corrected chi connectivity index (χ4v) is 2.53. The third kappa shape index (κ3) is 4.63. The lowest BCUT2D eigenvalue weighted by atomic mass is 10.2. The second-order valence-corrected chi connectivity index (χ2v) is 5.85. The van der Waals surface area contributed by atoms with Crippen LogP contribution in [-0.4, -0.2) is 27.5 Å². The number of nitrogens with zero attached hydrogens (tertiary/aromatic N) is 3. The largest absolute Gasteiger partial charge is 0.462 e. The Morgan fingerprint density at radius 1 is 1.13 bits per heavy atom. The van der Waals surface area contributed by atoms with Gasteiger partial charge in [0.15, 0.2) is 0 Å². The van der Waals surface area contributed by atoms with E-state index in [2.05, 4.69) is 20.6 Å². The van der Waals surface area contributed by atoms with Gasteiger partial charge in [-0.15, -0.1) is 0 Å². The number of nitro groups is 1. The molecule has 0 unspecified atom stereocenters. The van der Waals surface area contributed by atoms with Gasteiger partial charge < -0.3 is 15.4 Å². The second kappa shape index (κ2) is 8.90. The van der Waals surface area contributed by atoms with Crippen molar-refractivity contribution in [2.24, 2.45) is 0 Å². The fourth-order valence-electron chi connectivity index (χ4n) is 2.53. The van der Waals surface area contributed by atoms with Crippen LogP contribution >= 0.6 is 0 Å². The number of ether oxygens (including phenoxy) is 1. The number of halogens is 2. The van der Waals surface area contributed by atoms with Gasteiger partial charge in [-0.25, -0.2) is 23.5 Å². The predicted molar refractivity (Wildman–Crippen MR) is 104 cm³/mol. The molecule has 0 aliphatic carbocycles. The molecule has 2 aromatic carbocycles. The summed E-state index contributed by atoms with van der Waals surface area (Å²) in [6.07, 6.45) is 1.02. The molecule has 3 aromatic rings. The van der Waals surface area contributed by atoms with Crippen LogP contribution in [0.2, 0.25) is 0 Å². The number of hydrogen-bond donors (Lipinski definition) is 2. The summed E-state index contributed by atoms with van der Waals surface area (Å²) < 4.78 is 32.3. The van der Waals surface area contributed by atoms with E-state index in [1.54, 1.807) is 19.1 Å². The van der Waals surface area contributed by atoms with Gasteiger partial charge in [-0.05, 0) is 37.3 Å². The minimum absolute atomic E-state index is 0.194. The van der Waals surface area contributed by atoms with Gasteiger partial charge in [-0.3, -0.25) is 10.1 Å². The van der Waals surface area contributed by atoms with Crippen molar-refractivity contribution in [1.82, 2.24) is 9.97 Å². The van der Waals surface area contributed by atoms with Gasteiger partial charge >= 0.3 is 11.7 Å². The highest BCUT2D eigenvalue weighted by molar-refractivity contribution is 5.91. The van der Waals surface area contributed by atoms with E-state index < -0.39 is 28.2 Å². The summed E-state index contributed by atoms with van der Waals surface area (Å²) in [4.78, 5) is 30.4. The third-order valence-electron chi connectivity index (χ3n) is 3.82. The number of carbonyl (C=O) groups is 1. The van der Waals surface area contributed by atoms with Crippen molar-refractivity contribution in [1.29, 1.82) is 0 Å². The summed E-state index contributed by atoms with van der Waals surface area (Å²) >= 11 is 0. The molecule has 154 valence electrons. The maximum atomic E-state index is 13.9. The zero-order valence-corrected chi connectivity index (χ0v) is 15.6. The third-order valence-corrected chi connectivity index (χ3v) is 3.82. The molecule has 0 spiro atoms. The molecule has 0 bridgehead atoms. The van der Waals surface area contributed by atoms with Gasteiger partial charge in [0.05, 0.1) is 22.8 Å². The van der Waals surface area contributed by atoms with Crippen LogP contribution in [0.25, 0.3) is 0 Å². The Morgan fingerprint density at radius 2 is 1.87 bits per heavy atom. The van der Waals surface area contributed by atoms with Gasteiger partial charge in [0.25, 0.3) is 0 Å². The van der Waals surface area contributed by atoms with E-state index in [4.69, 9.17) is 4.74 Å². The predicted octanol–water partition coefficient (Wildman–Crippen LogP) is 4.33. The summed E-state index contributed by atoms with van der Waals surface area (Å²) in [5.74, 6) is -2.66. The maximum Gasteiger partial charge on any atom is 0.353 e.